The number of fused-ring (bicyclic) bond motifs is 1. The van der Waals surface area contributed by atoms with Crippen molar-refractivity contribution in [3.63, 3.8) is 0 Å². The number of anilines is 1. The number of morpholine rings is 1. The maximum atomic E-state index is 6.06. The van der Waals surface area contributed by atoms with E-state index in [0.717, 1.165) is 49.3 Å². The third-order valence-corrected chi connectivity index (χ3v) is 6.60. The Hall–Kier alpha value is -1.14. The largest absolute Gasteiger partial charge is 0.378 e. The summed E-state index contributed by atoms with van der Waals surface area (Å²) in [6.45, 7) is 4.40. The molecule has 2 aromatic rings. The van der Waals surface area contributed by atoms with E-state index in [2.05, 4.69) is 28.4 Å². The van der Waals surface area contributed by atoms with E-state index in [0.29, 0.717) is 5.92 Å². The molecule has 4 rings (SSSR count). The highest BCUT2D eigenvalue weighted by atomic mass is 35.5. The van der Waals surface area contributed by atoms with Crippen LogP contribution in [0.5, 0.6) is 0 Å². The number of hydrogen-bond acceptors (Lipinski definition) is 4. The van der Waals surface area contributed by atoms with Crippen LogP contribution in [0.15, 0.2) is 30.3 Å². The minimum atomic E-state index is 0.358. The molecule has 1 saturated heterocycles. The molecule has 0 saturated carbocycles. The van der Waals surface area contributed by atoms with Crippen LogP contribution >= 0.6 is 35.2 Å². The quantitative estimate of drug-likeness (QED) is 0.797. The summed E-state index contributed by atoms with van der Waals surface area (Å²) >= 11 is 13.5. The first-order valence-electron chi connectivity index (χ1n) is 8.22. The summed E-state index contributed by atoms with van der Waals surface area (Å²) in [5, 5.41) is 5.48. The zero-order valence-electron chi connectivity index (χ0n) is 13.3. The van der Waals surface area contributed by atoms with E-state index in [1.54, 1.807) is 11.3 Å². The van der Waals surface area contributed by atoms with E-state index in [4.69, 9.17) is 28.6 Å². The summed E-state index contributed by atoms with van der Waals surface area (Å²) < 4.78 is 5.48. The first-order valence-corrected chi connectivity index (χ1v) is 9.83. The lowest BCUT2D eigenvalue weighted by Crippen LogP contribution is -2.35. The maximum absolute atomic E-state index is 6.06. The van der Waals surface area contributed by atoms with Gasteiger partial charge in [0.25, 0.3) is 0 Å². The monoisotopic (exact) mass is 378 g/mol. The fourth-order valence-corrected chi connectivity index (χ4v) is 5.04. The summed E-state index contributed by atoms with van der Waals surface area (Å²) in [5.41, 5.74) is 2.65. The molecule has 0 spiro atoms. The Balaban J connectivity index is 1.73. The molecule has 1 aromatic heterocycles. The van der Waals surface area contributed by atoms with Crippen molar-refractivity contribution in [2.24, 2.45) is 0 Å². The number of hydrogen-bond donors (Lipinski definition) is 1. The van der Waals surface area contributed by atoms with Gasteiger partial charge in [-0.2, -0.15) is 0 Å². The van der Waals surface area contributed by atoms with Crippen LogP contribution in [0.1, 0.15) is 28.3 Å². The molecule has 0 radical (unpaired) electrons. The van der Waals surface area contributed by atoms with Crippen LogP contribution in [0.25, 0.3) is 0 Å². The van der Waals surface area contributed by atoms with Crippen LogP contribution < -0.4 is 10.2 Å². The van der Waals surface area contributed by atoms with Gasteiger partial charge in [0, 0.05) is 30.6 Å². The minimum absolute atomic E-state index is 0.358. The van der Waals surface area contributed by atoms with Gasteiger partial charge in [0.15, 0.2) is 0 Å². The number of ether oxygens (including phenoxy) is 1. The molecule has 1 fully saturated rings. The van der Waals surface area contributed by atoms with Gasteiger partial charge in [0.2, 0.25) is 0 Å². The van der Waals surface area contributed by atoms with Crippen molar-refractivity contribution in [1.82, 2.24) is 5.32 Å². The first kappa shape index (κ1) is 16.3. The van der Waals surface area contributed by atoms with Crippen LogP contribution in [0, 0.1) is 0 Å². The van der Waals surface area contributed by atoms with E-state index in [1.165, 1.54) is 21.0 Å². The molecule has 0 bridgehead atoms. The second-order valence-corrected chi connectivity index (χ2v) is 7.99. The number of rotatable bonds is 2. The molecule has 126 valence electrons. The standard InChI is InChI=1S/C18H19ClN2OS2/c19-13-3-1-12(2-4-13)14-5-6-20-18(23)17-15(14)11-16(24-17)21-7-9-22-10-8-21/h1-4,11,14H,5-10H2,(H,20,23). The van der Waals surface area contributed by atoms with Gasteiger partial charge in [-0.15, -0.1) is 11.3 Å². The van der Waals surface area contributed by atoms with Crippen molar-refractivity contribution in [2.75, 3.05) is 37.7 Å². The molecular formula is C18H19ClN2OS2. The molecule has 3 heterocycles. The molecular weight excluding hydrogens is 360 g/mol. The Morgan fingerprint density at radius 3 is 2.71 bits per heavy atom. The molecule has 0 amide bonds. The SMILES string of the molecule is S=C1NCCC(c2ccc(Cl)cc2)c2cc(N3CCOCC3)sc21. The van der Waals surface area contributed by atoms with Gasteiger partial charge in [0.05, 0.1) is 23.1 Å². The zero-order chi connectivity index (χ0) is 16.5. The fraction of sp³-hybridized carbons (Fsp3) is 0.389. The number of nitrogens with one attached hydrogen (secondary N) is 1. The molecule has 0 aliphatic carbocycles. The third kappa shape index (κ3) is 3.18. The second kappa shape index (κ2) is 7.00. The van der Waals surface area contributed by atoms with Crippen molar-refractivity contribution >= 4 is 45.1 Å². The fourth-order valence-electron chi connectivity index (χ4n) is 3.37. The topological polar surface area (TPSA) is 24.5 Å². The van der Waals surface area contributed by atoms with Crippen LogP contribution in [0.3, 0.4) is 0 Å². The lowest BCUT2D eigenvalue weighted by atomic mass is 9.89. The number of nitrogens with zero attached hydrogens (tertiary/aromatic N) is 1. The molecule has 1 aromatic carbocycles. The Bertz CT molecular complexity index is 738. The Morgan fingerprint density at radius 2 is 1.96 bits per heavy atom. The molecule has 1 atom stereocenters. The third-order valence-electron chi connectivity index (χ3n) is 4.64. The number of thiophene rings is 1. The second-order valence-electron chi connectivity index (χ2n) is 6.12. The summed E-state index contributed by atoms with van der Waals surface area (Å²) in [6.07, 6.45) is 1.04. The first-order chi connectivity index (χ1) is 11.7. The van der Waals surface area contributed by atoms with Crippen molar-refractivity contribution in [1.29, 1.82) is 0 Å². The van der Waals surface area contributed by atoms with Crippen LogP contribution in [0.2, 0.25) is 5.02 Å². The number of thiocarbonyl (C=S) groups is 1. The van der Waals surface area contributed by atoms with E-state index in [1.807, 2.05) is 12.1 Å². The van der Waals surface area contributed by atoms with E-state index < -0.39 is 0 Å². The number of halogens is 1. The molecule has 24 heavy (non-hydrogen) atoms. The van der Waals surface area contributed by atoms with Gasteiger partial charge in [-0.3, -0.25) is 0 Å². The van der Waals surface area contributed by atoms with E-state index in [-0.39, 0.29) is 0 Å². The van der Waals surface area contributed by atoms with E-state index in [9.17, 15) is 0 Å². The van der Waals surface area contributed by atoms with Gasteiger partial charge in [-0.25, -0.2) is 0 Å². The summed E-state index contributed by atoms with van der Waals surface area (Å²) in [4.78, 5) is 4.50. The Morgan fingerprint density at radius 1 is 1.21 bits per heavy atom. The Kier molecular flexibility index (Phi) is 4.77. The molecule has 6 heteroatoms. The van der Waals surface area contributed by atoms with Gasteiger partial charge < -0.3 is 15.0 Å². The highest BCUT2D eigenvalue weighted by Gasteiger charge is 2.27. The predicted octanol–water partition coefficient (Wildman–Crippen LogP) is 4.04. The van der Waals surface area contributed by atoms with Crippen LogP contribution in [-0.4, -0.2) is 37.8 Å². The van der Waals surface area contributed by atoms with Gasteiger partial charge in [0.1, 0.15) is 4.99 Å². The summed E-state index contributed by atoms with van der Waals surface area (Å²) in [7, 11) is 0. The van der Waals surface area contributed by atoms with Crippen molar-refractivity contribution in [2.45, 2.75) is 12.3 Å². The van der Waals surface area contributed by atoms with Crippen LogP contribution in [-0.2, 0) is 4.74 Å². The lowest BCUT2D eigenvalue weighted by molar-refractivity contribution is 0.123. The normalized spacial score (nSPS) is 21.1. The lowest BCUT2D eigenvalue weighted by Gasteiger charge is -2.27. The molecule has 2 aliphatic heterocycles. The maximum Gasteiger partial charge on any atom is 0.117 e. The average molecular weight is 379 g/mol. The van der Waals surface area contributed by atoms with E-state index >= 15 is 0 Å². The minimum Gasteiger partial charge on any atom is -0.378 e. The molecule has 2 aliphatic rings. The predicted molar refractivity (Wildman–Crippen MR) is 105 cm³/mol. The van der Waals surface area contributed by atoms with Crippen molar-refractivity contribution < 1.29 is 4.74 Å². The number of benzene rings is 1. The van der Waals surface area contributed by atoms with Gasteiger partial charge >= 0.3 is 0 Å². The highest BCUT2D eigenvalue weighted by molar-refractivity contribution is 7.81. The molecule has 1 N–H and O–H groups in total. The van der Waals surface area contributed by atoms with Crippen molar-refractivity contribution in [3.8, 4) is 0 Å². The summed E-state index contributed by atoms with van der Waals surface area (Å²) in [6, 6.07) is 10.6. The Labute approximate surface area is 156 Å². The highest BCUT2D eigenvalue weighted by Crippen LogP contribution is 2.40. The average Bonchev–Trinajstić information content (AvgIpc) is 2.99. The van der Waals surface area contributed by atoms with Gasteiger partial charge in [-0.05, 0) is 35.7 Å². The smallest absolute Gasteiger partial charge is 0.117 e. The molecule has 1 unspecified atom stereocenters. The van der Waals surface area contributed by atoms with Gasteiger partial charge in [-0.1, -0.05) is 36.0 Å². The molecule has 3 nitrogen and oxygen atoms in total. The van der Waals surface area contributed by atoms with Crippen LogP contribution in [0.4, 0.5) is 5.00 Å². The van der Waals surface area contributed by atoms with Crippen molar-refractivity contribution in [3.05, 3.63) is 51.4 Å². The summed E-state index contributed by atoms with van der Waals surface area (Å²) in [5.74, 6) is 0.358. The zero-order valence-corrected chi connectivity index (χ0v) is 15.6.